The predicted molar refractivity (Wildman–Crippen MR) is 101 cm³/mol. The number of nitrogens with one attached hydrogen (secondary N) is 1. The SMILES string of the molecule is Nc1nc2n(n1)[C@H](c1cccc(F)c1)C1=C(C[C@@H](c3cccs3)CC1=O)N2. The number of hydrogen-bond donors (Lipinski definition) is 2. The van der Waals surface area contributed by atoms with Crippen molar-refractivity contribution in [2.45, 2.75) is 24.8 Å². The third-order valence-electron chi connectivity index (χ3n) is 5.05. The van der Waals surface area contributed by atoms with Crippen molar-refractivity contribution < 1.29 is 9.18 Å². The number of nitrogens with two attached hydrogens (primary N) is 1. The van der Waals surface area contributed by atoms with E-state index in [2.05, 4.69) is 21.5 Å². The molecule has 0 saturated carbocycles. The monoisotopic (exact) mass is 381 g/mol. The Morgan fingerprint density at radius 1 is 1.26 bits per heavy atom. The van der Waals surface area contributed by atoms with Crippen molar-refractivity contribution in [2.75, 3.05) is 11.1 Å². The molecule has 2 aromatic heterocycles. The second-order valence-electron chi connectivity index (χ2n) is 6.76. The standard InChI is InChI=1S/C19H16FN5OS/c20-12-4-1-3-10(7-12)17-16-13(22-19-23-18(21)24-25(17)19)8-11(9-14(16)26)15-5-2-6-27-15/h1-7,11,17H,8-9H2,(H3,21,22,23,24)/t11-,17-/m1/s1. The van der Waals surface area contributed by atoms with E-state index in [9.17, 15) is 9.18 Å². The van der Waals surface area contributed by atoms with E-state index in [0.29, 0.717) is 29.9 Å². The van der Waals surface area contributed by atoms with E-state index in [0.717, 1.165) is 5.70 Å². The second-order valence-corrected chi connectivity index (χ2v) is 7.74. The van der Waals surface area contributed by atoms with Crippen molar-refractivity contribution in [2.24, 2.45) is 0 Å². The van der Waals surface area contributed by atoms with Crippen molar-refractivity contribution >= 4 is 29.0 Å². The Balaban J connectivity index is 1.65. The zero-order chi connectivity index (χ0) is 18.5. The van der Waals surface area contributed by atoms with Gasteiger partial charge in [0.2, 0.25) is 11.9 Å². The van der Waals surface area contributed by atoms with Crippen LogP contribution in [-0.2, 0) is 4.79 Å². The molecular weight excluding hydrogens is 365 g/mol. The Bertz CT molecular complexity index is 1070. The molecule has 2 aliphatic rings. The first-order valence-corrected chi connectivity index (χ1v) is 9.52. The van der Waals surface area contributed by atoms with Gasteiger partial charge in [0, 0.05) is 28.5 Å². The molecule has 3 heterocycles. The highest BCUT2D eigenvalue weighted by Gasteiger charge is 2.39. The lowest BCUT2D eigenvalue weighted by atomic mass is 9.80. The van der Waals surface area contributed by atoms with Gasteiger partial charge in [0.15, 0.2) is 5.78 Å². The Kier molecular flexibility index (Phi) is 3.61. The molecule has 3 N–H and O–H groups in total. The number of allylic oxidation sites excluding steroid dienone is 2. The number of nitrogen functional groups attached to an aromatic ring is 1. The first-order valence-electron chi connectivity index (χ1n) is 8.64. The van der Waals surface area contributed by atoms with Crippen molar-refractivity contribution in [3.63, 3.8) is 0 Å². The molecule has 5 rings (SSSR count). The lowest BCUT2D eigenvalue weighted by molar-refractivity contribution is -0.116. The fourth-order valence-corrected chi connectivity index (χ4v) is 4.77. The molecule has 0 unspecified atom stereocenters. The van der Waals surface area contributed by atoms with Crippen LogP contribution in [0.25, 0.3) is 0 Å². The van der Waals surface area contributed by atoms with Gasteiger partial charge in [0.1, 0.15) is 11.9 Å². The summed E-state index contributed by atoms with van der Waals surface area (Å²) in [5, 5.41) is 9.50. The summed E-state index contributed by atoms with van der Waals surface area (Å²) >= 11 is 1.65. The van der Waals surface area contributed by atoms with E-state index in [-0.39, 0.29) is 23.5 Å². The molecule has 1 aliphatic heterocycles. The lowest BCUT2D eigenvalue weighted by Crippen LogP contribution is -2.33. The number of carbonyl (C=O) groups excluding carboxylic acids is 1. The molecular formula is C19H16FN5OS. The fraction of sp³-hybridized carbons (Fsp3) is 0.211. The van der Waals surface area contributed by atoms with Crippen LogP contribution in [-0.4, -0.2) is 20.5 Å². The number of hydrogen-bond acceptors (Lipinski definition) is 6. The van der Waals surface area contributed by atoms with Crippen LogP contribution >= 0.6 is 11.3 Å². The molecule has 27 heavy (non-hydrogen) atoms. The zero-order valence-electron chi connectivity index (χ0n) is 14.2. The summed E-state index contributed by atoms with van der Waals surface area (Å²) in [7, 11) is 0. The first kappa shape index (κ1) is 16.2. The van der Waals surface area contributed by atoms with E-state index in [4.69, 9.17) is 5.73 Å². The summed E-state index contributed by atoms with van der Waals surface area (Å²) in [4.78, 5) is 18.6. The number of benzene rings is 1. The van der Waals surface area contributed by atoms with Crippen LogP contribution in [0.15, 0.2) is 53.0 Å². The van der Waals surface area contributed by atoms with E-state index in [1.807, 2.05) is 11.4 Å². The summed E-state index contributed by atoms with van der Waals surface area (Å²) in [6, 6.07) is 9.76. The van der Waals surface area contributed by atoms with E-state index in [1.54, 1.807) is 28.2 Å². The van der Waals surface area contributed by atoms with E-state index >= 15 is 0 Å². The molecule has 136 valence electrons. The van der Waals surface area contributed by atoms with Crippen molar-refractivity contribution in [1.29, 1.82) is 0 Å². The number of Topliss-reactive ketones (excluding diaryl/α,β-unsaturated/α-hetero) is 1. The molecule has 0 radical (unpaired) electrons. The molecule has 6 nitrogen and oxygen atoms in total. The Labute approximate surface area is 158 Å². The number of thiophene rings is 1. The summed E-state index contributed by atoms with van der Waals surface area (Å²) < 4.78 is 15.5. The maximum atomic E-state index is 13.9. The number of anilines is 2. The molecule has 1 aromatic carbocycles. The van der Waals surface area contributed by atoms with Gasteiger partial charge in [-0.15, -0.1) is 16.4 Å². The Hall–Kier alpha value is -3.00. The average Bonchev–Trinajstić information content (AvgIpc) is 3.28. The maximum absolute atomic E-state index is 13.9. The number of rotatable bonds is 2. The summed E-state index contributed by atoms with van der Waals surface area (Å²) in [5.41, 5.74) is 7.88. The van der Waals surface area contributed by atoms with Gasteiger partial charge in [-0.2, -0.15) is 4.98 Å². The minimum absolute atomic E-state index is 0.0381. The quantitative estimate of drug-likeness (QED) is 0.710. The van der Waals surface area contributed by atoms with E-state index < -0.39 is 6.04 Å². The number of ketones is 1. The van der Waals surface area contributed by atoms with Crippen LogP contribution in [0.1, 0.15) is 35.2 Å². The molecule has 8 heteroatoms. The minimum Gasteiger partial charge on any atom is -0.366 e. The molecule has 2 atom stereocenters. The van der Waals surface area contributed by atoms with Gasteiger partial charge >= 0.3 is 0 Å². The van der Waals surface area contributed by atoms with E-state index in [1.165, 1.54) is 17.0 Å². The highest BCUT2D eigenvalue weighted by molar-refractivity contribution is 7.10. The van der Waals surface area contributed by atoms with Crippen molar-refractivity contribution in [1.82, 2.24) is 14.8 Å². The molecule has 1 aliphatic carbocycles. The highest BCUT2D eigenvalue weighted by Crippen LogP contribution is 2.44. The fourth-order valence-electron chi connectivity index (χ4n) is 3.94. The highest BCUT2D eigenvalue weighted by atomic mass is 32.1. The van der Waals surface area contributed by atoms with Gasteiger partial charge in [-0.25, -0.2) is 9.07 Å². The Morgan fingerprint density at radius 3 is 2.93 bits per heavy atom. The van der Waals surface area contributed by atoms with Crippen LogP contribution in [0.2, 0.25) is 0 Å². The van der Waals surface area contributed by atoms with Gasteiger partial charge in [0.25, 0.3) is 0 Å². The van der Waals surface area contributed by atoms with Crippen LogP contribution < -0.4 is 11.1 Å². The van der Waals surface area contributed by atoms with Crippen molar-refractivity contribution in [3.8, 4) is 0 Å². The normalized spacial score (nSPS) is 21.6. The van der Waals surface area contributed by atoms with Crippen molar-refractivity contribution in [3.05, 3.63) is 69.3 Å². The third-order valence-corrected chi connectivity index (χ3v) is 6.08. The summed E-state index contributed by atoms with van der Waals surface area (Å²) in [5.74, 6) is 0.392. The number of carbonyl (C=O) groups is 1. The molecule has 0 saturated heterocycles. The predicted octanol–water partition coefficient (Wildman–Crippen LogP) is 3.48. The van der Waals surface area contributed by atoms with Crippen LogP contribution in [0.4, 0.5) is 16.3 Å². The molecule has 0 amide bonds. The molecule has 0 spiro atoms. The topological polar surface area (TPSA) is 85.8 Å². The number of aromatic nitrogens is 3. The lowest BCUT2D eigenvalue weighted by Gasteiger charge is -2.34. The van der Waals surface area contributed by atoms with Gasteiger partial charge in [-0.3, -0.25) is 4.79 Å². The summed E-state index contributed by atoms with van der Waals surface area (Å²) in [6.07, 6.45) is 1.12. The maximum Gasteiger partial charge on any atom is 0.241 e. The van der Waals surface area contributed by atoms with Crippen LogP contribution in [0.5, 0.6) is 0 Å². The third kappa shape index (κ3) is 2.64. The number of fused-ring (bicyclic) bond motifs is 1. The number of halogens is 1. The van der Waals surface area contributed by atoms with Crippen LogP contribution in [0.3, 0.4) is 0 Å². The van der Waals surface area contributed by atoms with Gasteiger partial charge in [-0.05, 0) is 35.6 Å². The minimum atomic E-state index is -0.534. The van der Waals surface area contributed by atoms with Gasteiger partial charge < -0.3 is 11.1 Å². The average molecular weight is 381 g/mol. The largest absolute Gasteiger partial charge is 0.366 e. The molecule has 0 bridgehead atoms. The molecule has 0 fully saturated rings. The smallest absolute Gasteiger partial charge is 0.241 e. The first-order chi connectivity index (χ1) is 13.1. The van der Waals surface area contributed by atoms with Crippen LogP contribution in [0, 0.1) is 5.82 Å². The zero-order valence-corrected chi connectivity index (χ0v) is 15.0. The number of nitrogens with zero attached hydrogens (tertiary/aromatic N) is 3. The van der Waals surface area contributed by atoms with Gasteiger partial charge in [-0.1, -0.05) is 18.2 Å². The second kappa shape index (κ2) is 6.02. The van der Waals surface area contributed by atoms with Gasteiger partial charge in [0.05, 0.1) is 0 Å². The summed E-state index contributed by atoms with van der Waals surface area (Å²) in [6.45, 7) is 0. The Morgan fingerprint density at radius 2 is 2.15 bits per heavy atom. The molecule has 3 aromatic rings.